The zero-order valence-electron chi connectivity index (χ0n) is 9.07. The van der Waals surface area contributed by atoms with Crippen LogP contribution in [-0.2, 0) is 11.3 Å². The number of ether oxygens (including phenoxy) is 1. The summed E-state index contributed by atoms with van der Waals surface area (Å²) in [6, 6.07) is 4.31. The van der Waals surface area contributed by atoms with E-state index in [-0.39, 0.29) is 0 Å². The van der Waals surface area contributed by atoms with Crippen LogP contribution < -0.4 is 0 Å². The van der Waals surface area contributed by atoms with E-state index >= 15 is 0 Å². The fourth-order valence-corrected chi connectivity index (χ4v) is 3.60. The molecule has 0 aliphatic carbocycles. The van der Waals surface area contributed by atoms with Gasteiger partial charge in [-0.1, -0.05) is 0 Å². The Bertz CT molecular complexity index is 318. The van der Waals surface area contributed by atoms with Crippen molar-refractivity contribution in [3.63, 3.8) is 0 Å². The molecule has 1 saturated heterocycles. The van der Waals surface area contributed by atoms with Gasteiger partial charge < -0.3 is 4.74 Å². The van der Waals surface area contributed by atoms with E-state index in [2.05, 4.69) is 46.8 Å². The summed E-state index contributed by atoms with van der Waals surface area (Å²) >= 11 is 5.31. The van der Waals surface area contributed by atoms with Crippen molar-refractivity contribution in [1.82, 2.24) is 4.90 Å². The Labute approximate surface area is 103 Å². The van der Waals surface area contributed by atoms with Crippen LogP contribution in [0.15, 0.2) is 15.9 Å². The maximum absolute atomic E-state index is 5.71. The molecule has 4 heteroatoms. The Kier molecular flexibility index (Phi) is 3.83. The second-order valence-corrected chi connectivity index (χ2v) is 6.70. The van der Waals surface area contributed by atoms with Gasteiger partial charge in [0.2, 0.25) is 0 Å². The first-order chi connectivity index (χ1) is 7.13. The van der Waals surface area contributed by atoms with Gasteiger partial charge in [0, 0.05) is 24.5 Å². The van der Waals surface area contributed by atoms with Gasteiger partial charge in [-0.2, -0.15) is 0 Å². The van der Waals surface area contributed by atoms with Gasteiger partial charge in [-0.15, -0.1) is 11.3 Å². The van der Waals surface area contributed by atoms with Crippen molar-refractivity contribution in [2.45, 2.75) is 32.6 Å². The zero-order chi connectivity index (χ0) is 10.8. The molecule has 15 heavy (non-hydrogen) atoms. The molecular formula is C11H16BrNOS. The van der Waals surface area contributed by atoms with E-state index in [9.17, 15) is 0 Å². The van der Waals surface area contributed by atoms with E-state index in [1.54, 1.807) is 0 Å². The molecule has 0 saturated carbocycles. The van der Waals surface area contributed by atoms with Crippen molar-refractivity contribution in [1.29, 1.82) is 0 Å². The predicted molar refractivity (Wildman–Crippen MR) is 67.3 cm³/mol. The average Bonchev–Trinajstić information content (AvgIpc) is 2.49. The number of morpholine rings is 1. The molecule has 84 valence electrons. The number of hydrogen-bond acceptors (Lipinski definition) is 3. The normalized spacial score (nSPS) is 28.2. The maximum atomic E-state index is 5.71. The summed E-state index contributed by atoms with van der Waals surface area (Å²) in [7, 11) is 0. The molecule has 2 nitrogen and oxygen atoms in total. The fraction of sp³-hybridized carbons (Fsp3) is 0.636. The van der Waals surface area contributed by atoms with E-state index in [4.69, 9.17) is 4.74 Å². The molecule has 1 aliphatic rings. The van der Waals surface area contributed by atoms with E-state index in [1.165, 1.54) is 8.66 Å². The van der Waals surface area contributed by atoms with Crippen molar-refractivity contribution in [3.8, 4) is 0 Å². The Hall–Kier alpha value is 0.1000. The number of rotatable bonds is 2. The molecule has 0 radical (unpaired) electrons. The molecule has 2 atom stereocenters. The number of hydrogen-bond donors (Lipinski definition) is 0. The van der Waals surface area contributed by atoms with Crippen molar-refractivity contribution >= 4 is 27.3 Å². The van der Waals surface area contributed by atoms with Crippen LogP contribution in [-0.4, -0.2) is 30.2 Å². The highest BCUT2D eigenvalue weighted by Crippen LogP contribution is 2.24. The summed E-state index contributed by atoms with van der Waals surface area (Å²) in [5.41, 5.74) is 0. The van der Waals surface area contributed by atoms with Gasteiger partial charge in [-0.25, -0.2) is 0 Å². The second kappa shape index (κ2) is 4.95. The molecule has 0 N–H and O–H groups in total. The second-order valence-electron chi connectivity index (χ2n) is 4.16. The largest absolute Gasteiger partial charge is 0.373 e. The van der Waals surface area contributed by atoms with Gasteiger partial charge in [0.05, 0.1) is 16.0 Å². The number of halogens is 1. The monoisotopic (exact) mass is 289 g/mol. The summed E-state index contributed by atoms with van der Waals surface area (Å²) in [4.78, 5) is 3.89. The predicted octanol–water partition coefficient (Wildman–Crippen LogP) is 3.12. The quantitative estimate of drug-likeness (QED) is 0.830. The highest BCUT2D eigenvalue weighted by Gasteiger charge is 2.22. The Morgan fingerprint density at radius 2 is 2.07 bits per heavy atom. The molecule has 1 aromatic heterocycles. The van der Waals surface area contributed by atoms with Crippen LogP contribution in [0.4, 0.5) is 0 Å². The Balaban J connectivity index is 1.94. The van der Waals surface area contributed by atoms with Crippen LogP contribution in [0, 0.1) is 0 Å². The van der Waals surface area contributed by atoms with Gasteiger partial charge in [0.25, 0.3) is 0 Å². The lowest BCUT2D eigenvalue weighted by atomic mass is 10.2. The molecule has 1 aromatic rings. The SMILES string of the molecule is C[C@@H]1CN(Cc2ccc(Br)s2)C[C@@H](C)O1. The molecule has 2 rings (SSSR count). The summed E-state index contributed by atoms with van der Waals surface area (Å²) in [5, 5.41) is 0. The minimum Gasteiger partial charge on any atom is -0.373 e. The van der Waals surface area contributed by atoms with Gasteiger partial charge in [-0.05, 0) is 41.9 Å². The Morgan fingerprint density at radius 1 is 1.40 bits per heavy atom. The summed E-state index contributed by atoms with van der Waals surface area (Å²) in [5.74, 6) is 0. The van der Waals surface area contributed by atoms with Gasteiger partial charge in [-0.3, -0.25) is 4.90 Å². The topological polar surface area (TPSA) is 12.5 Å². The maximum Gasteiger partial charge on any atom is 0.0701 e. The molecule has 1 aliphatic heterocycles. The van der Waals surface area contributed by atoms with E-state index in [0.29, 0.717) is 12.2 Å². The first kappa shape index (κ1) is 11.6. The van der Waals surface area contributed by atoms with Crippen molar-refractivity contribution in [2.75, 3.05) is 13.1 Å². The van der Waals surface area contributed by atoms with Crippen molar-refractivity contribution in [2.24, 2.45) is 0 Å². The van der Waals surface area contributed by atoms with E-state index < -0.39 is 0 Å². The lowest BCUT2D eigenvalue weighted by Gasteiger charge is -2.34. The molecule has 0 amide bonds. The number of nitrogens with zero attached hydrogens (tertiary/aromatic N) is 1. The van der Waals surface area contributed by atoms with Gasteiger partial charge in [0.15, 0.2) is 0 Å². The third kappa shape index (κ3) is 3.28. The molecule has 0 aromatic carbocycles. The lowest BCUT2D eigenvalue weighted by Crippen LogP contribution is -2.44. The highest BCUT2D eigenvalue weighted by molar-refractivity contribution is 9.11. The molecule has 0 unspecified atom stereocenters. The van der Waals surface area contributed by atoms with Crippen LogP contribution in [0.3, 0.4) is 0 Å². The first-order valence-corrected chi connectivity index (χ1v) is 6.86. The summed E-state index contributed by atoms with van der Waals surface area (Å²) < 4.78 is 6.93. The minimum atomic E-state index is 0.358. The summed E-state index contributed by atoms with van der Waals surface area (Å²) in [6.07, 6.45) is 0.717. The molecule has 0 bridgehead atoms. The number of thiophene rings is 1. The molecule has 2 heterocycles. The van der Waals surface area contributed by atoms with Crippen LogP contribution >= 0.6 is 27.3 Å². The molecular weight excluding hydrogens is 274 g/mol. The van der Waals surface area contributed by atoms with Crippen molar-refractivity contribution < 1.29 is 4.74 Å². The minimum absolute atomic E-state index is 0.358. The van der Waals surface area contributed by atoms with Crippen LogP contribution in [0.2, 0.25) is 0 Å². The third-order valence-corrected chi connectivity index (χ3v) is 4.11. The van der Waals surface area contributed by atoms with Crippen LogP contribution in [0.5, 0.6) is 0 Å². The fourth-order valence-electron chi connectivity index (χ4n) is 2.07. The summed E-state index contributed by atoms with van der Waals surface area (Å²) in [6.45, 7) is 7.42. The van der Waals surface area contributed by atoms with Gasteiger partial charge >= 0.3 is 0 Å². The smallest absolute Gasteiger partial charge is 0.0701 e. The molecule has 0 spiro atoms. The van der Waals surface area contributed by atoms with Crippen molar-refractivity contribution in [3.05, 3.63) is 20.8 Å². The standard InChI is InChI=1S/C11H16BrNOS/c1-8-5-13(6-9(2)14-8)7-10-3-4-11(12)15-10/h3-4,8-9H,5-7H2,1-2H3/t8-,9-/m1/s1. The highest BCUT2D eigenvalue weighted by atomic mass is 79.9. The average molecular weight is 290 g/mol. The zero-order valence-corrected chi connectivity index (χ0v) is 11.5. The first-order valence-electron chi connectivity index (χ1n) is 5.25. The van der Waals surface area contributed by atoms with Gasteiger partial charge in [0.1, 0.15) is 0 Å². The Morgan fingerprint density at radius 3 is 2.60 bits per heavy atom. The van der Waals surface area contributed by atoms with E-state index in [1.807, 2.05) is 11.3 Å². The third-order valence-electron chi connectivity index (χ3n) is 2.50. The van der Waals surface area contributed by atoms with Crippen LogP contribution in [0.25, 0.3) is 0 Å². The molecule has 1 fully saturated rings. The van der Waals surface area contributed by atoms with Crippen LogP contribution in [0.1, 0.15) is 18.7 Å². The lowest BCUT2D eigenvalue weighted by molar-refractivity contribution is -0.0702. The van der Waals surface area contributed by atoms with E-state index in [0.717, 1.165) is 19.6 Å².